The van der Waals surface area contributed by atoms with Crippen molar-refractivity contribution in [1.29, 1.82) is 5.26 Å². The highest BCUT2D eigenvalue weighted by Gasteiger charge is 2.27. The minimum absolute atomic E-state index is 0.0449. The number of hydrogen-bond donors (Lipinski definition) is 1. The molecule has 1 aliphatic rings. The van der Waals surface area contributed by atoms with Gasteiger partial charge < -0.3 is 10.2 Å². The van der Waals surface area contributed by atoms with Crippen LogP contribution in [-0.2, 0) is 4.79 Å². The van der Waals surface area contributed by atoms with Gasteiger partial charge in [0.25, 0.3) is 5.69 Å². The van der Waals surface area contributed by atoms with E-state index in [0.717, 1.165) is 19.0 Å². The first-order chi connectivity index (χ1) is 15.0. The maximum atomic E-state index is 12.8. The van der Waals surface area contributed by atoms with E-state index < -0.39 is 4.92 Å². The lowest BCUT2D eigenvalue weighted by atomic mass is 9.96. The average Bonchev–Trinajstić information content (AvgIpc) is 3.34. The predicted molar refractivity (Wildman–Crippen MR) is 108 cm³/mol. The summed E-state index contributed by atoms with van der Waals surface area (Å²) in [5.74, 6) is 0.658. The van der Waals surface area contributed by atoms with Crippen molar-refractivity contribution in [3.05, 3.63) is 58.9 Å². The molecule has 1 aromatic carbocycles. The van der Waals surface area contributed by atoms with Gasteiger partial charge in [0.05, 0.1) is 22.1 Å². The minimum atomic E-state index is -0.583. The number of nitrogens with one attached hydrogen (secondary N) is 1. The molecule has 1 unspecified atom stereocenters. The zero-order chi connectivity index (χ0) is 21.8. The number of carbonyl (C=O) groups is 1. The fraction of sp³-hybridized carbons (Fsp3) is 0.263. The van der Waals surface area contributed by atoms with Crippen LogP contribution in [0.15, 0.2) is 43.2 Å². The second-order valence-electron chi connectivity index (χ2n) is 6.95. The molecule has 12 heteroatoms. The van der Waals surface area contributed by atoms with Crippen LogP contribution in [0.2, 0.25) is 0 Å². The SMILES string of the molecule is N#Cc1cc([N+](=O)[O-])ccc1NC(=O)C1CCCN(c2cc(-n3cncn3)ncn2)C1. The van der Waals surface area contributed by atoms with Gasteiger partial charge in [-0.1, -0.05) is 0 Å². The molecule has 12 nitrogen and oxygen atoms in total. The van der Waals surface area contributed by atoms with Crippen molar-refractivity contribution in [3.8, 4) is 11.9 Å². The van der Waals surface area contributed by atoms with Gasteiger partial charge in [0.15, 0.2) is 5.82 Å². The number of aromatic nitrogens is 5. The highest BCUT2D eigenvalue weighted by atomic mass is 16.6. The first-order valence-electron chi connectivity index (χ1n) is 9.46. The topological polar surface area (TPSA) is 156 Å². The Balaban J connectivity index is 1.48. The Labute approximate surface area is 176 Å². The average molecular weight is 419 g/mol. The van der Waals surface area contributed by atoms with Crippen LogP contribution >= 0.6 is 0 Å². The maximum absolute atomic E-state index is 12.8. The number of nitrogens with zero attached hydrogens (tertiary/aromatic N) is 8. The zero-order valence-electron chi connectivity index (χ0n) is 16.2. The number of hydrogen-bond acceptors (Lipinski definition) is 9. The Morgan fingerprint density at radius 2 is 2.10 bits per heavy atom. The molecule has 3 aromatic rings. The molecule has 1 fully saturated rings. The third kappa shape index (κ3) is 4.30. The van der Waals surface area contributed by atoms with E-state index in [2.05, 4.69) is 25.4 Å². The van der Waals surface area contributed by atoms with E-state index >= 15 is 0 Å². The van der Waals surface area contributed by atoms with Gasteiger partial charge in [-0.25, -0.2) is 19.6 Å². The molecule has 2 aromatic heterocycles. The largest absolute Gasteiger partial charge is 0.356 e. The Kier molecular flexibility index (Phi) is 5.48. The van der Waals surface area contributed by atoms with Crippen LogP contribution in [0.25, 0.3) is 5.82 Å². The Bertz CT molecular complexity index is 1160. The van der Waals surface area contributed by atoms with Crippen LogP contribution in [-0.4, -0.2) is 48.7 Å². The smallest absolute Gasteiger partial charge is 0.270 e. The molecule has 4 rings (SSSR count). The summed E-state index contributed by atoms with van der Waals surface area (Å²) in [6.07, 6.45) is 5.85. The molecule has 1 amide bonds. The molecule has 0 radical (unpaired) electrons. The van der Waals surface area contributed by atoms with E-state index in [-0.39, 0.29) is 28.8 Å². The third-order valence-electron chi connectivity index (χ3n) is 5.00. The Morgan fingerprint density at radius 3 is 2.84 bits per heavy atom. The quantitative estimate of drug-likeness (QED) is 0.480. The molecule has 0 bridgehead atoms. The number of amides is 1. The molecule has 1 N–H and O–H groups in total. The Morgan fingerprint density at radius 1 is 1.26 bits per heavy atom. The fourth-order valence-corrected chi connectivity index (χ4v) is 3.44. The number of anilines is 2. The first-order valence-corrected chi connectivity index (χ1v) is 9.46. The van der Waals surface area contributed by atoms with Crippen LogP contribution < -0.4 is 10.2 Å². The van der Waals surface area contributed by atoms with Crippen LogP contribution in [0.5, 0.6) is 0 Å². The summed E-state index contributed by atoms with van der Waals surface area (Å²) in [4.78, 5) is 37.6. The van der Waals surface area contributed by atoms with Gasteiger partial charge in [-0.15, -0.1) is 0 Å². The molecule has 0 saturated carbocycles. The van der Waals surface area contributed by atoms with Gasteiger partial charge in [0, 0.05) is 31.3 Å². The van der Waals surface area contributed by atoms with Crippen molar-refractivity contribution in [2.45, 2.75) is 12.8 Å². The highest BCUT2D eigenvalue weighted by molar-refractivity contribution is 5.94. The lowest BCUT2D eigenvalue weighted by Crippen LogP contribution is -2.41. The molecule has 1 saturated heterocycles. The molecule has 3 heterocycles. The second kappa shape index (κ2) is 8.54. The zero-order valence-corrected chi connectivity index (χ0v) is 16.2. The van der Waals surface area contributed by atoms with E-state index in [1.165, 1.54) is 35.8 Å². The Hall–Kier alpha value is -4.40. The molecule has 0 aliphatic carbocycles. The van der Waals surface area contributed by atoms with Crippen molar-refractivity contribution >= 4 is 23.1 Å². The van der Waals surface area contributed by atoms with Gasteiger partial charge in [0.2, 0.25) is 5.91 Å². The van der Waals surface area contributed by atoms with Crippen molar-refractivity contribution < 1.29 is 9.72 Å². The number of rotatable bonds is 5. The summed E-state index contributed by atoms with van der Waals surface area (Å²) in [5, 5.41) is 27.0. The number of benzene rings is 1. The number of nitriles is 1. The van der Waals surface area contributed by atoms with E-state index in [9.17, 15) is 20.2 Å². The summed E-state index contributed by atoms with van der Waals surface area (Å²) in [6.45, 7) is 1.17. The summed E-state index contributed by atoms with van der Waals surface area (Å²) < 4.78 is 1.53. The molecular formula is C19H17N9O3. The van der Waals surface area contributed by atoms with Crippen molar-refractivity contribution in [1.82, 2.24) is 24.7 Å². The monoisotopic (exact) mass is 419 g/mol. The number of carbonyl (C=O) groups excluding carboxylic acids is 1. The predicted octanol–water partition coefficient (Wildman–Crippen LogP) is 1.69. The van der Waals surface area contributed by atoms with Gasteiger partial charge in [-0.2, -0.15) is 10.4 Å². The van der Waals surface area contributed by atoms with Crippen molar-refractivity contribution in [3.63, 3.8) is 0 Å². The van der Waals surface area contributed by atoms with Crippen LogP contribution in [0, 0.1) is 27.4 Å². The van der Waals surface area contributed by atoms with Crippen molar-refractivity contribution in [2.24, 2.45) is 5.92 Å². The number of piperidine rings is 1. The molecule has 0 spiro atoms. The van der Waals surface area contributed by atoms with Gasteiger partial charge in [-0.05, 0) is 18.9 Å². The fourth-order valence-electron chi connectivity index (χ4n) is 3.44. The van der Waals surface area contributed by atoms with Gasteiger partial charge in [-0.3, -0.25) is 14.9 Å². The first kappa shape index (κ1) is 19.9. The number of nitro benzene ring substituents is 1. The highest BCUT2D eigenvalue weighted by Crippen LogP contribution is 2.26. The summed E-state index contributed by atoms with van der Waals surface area (Å²) in [5.41, 5.74) is 0.0968. The summed E-state index contributed by atoms with van der Waals surface area (Å²) >= 11 is 0. The maximum Gasteiger partial charge on any atom is 0.270 e. The van der Waals surface area contributed by atoms with Crippen LogP contribution in [0.1, 0.15) is 18.4 Å². The van der Waals surface area contributed by atoms with E-state index in [1.807, 2.05) is 11.0 Å². The van der Waals surface area contributed by atoms with Gasteiger partial charge >= 0.3 is 0 Å². The third-order valence-corrected chi connectivity index (χ3v) is 5.00. The van der Waals surface area contributed by atoms with E-state index in [4.69, 9.17) is 0 Å². The summed E-state index contributed by atoms with van der Waals surface area (Å²) in [7, 11) is 0. The normalized spacial score (nSPS) is 15.8. The lowest BCUT2D eigenvalue weighted by molar-refractivity contribution is -0.384. The van der Waals surface area contributed by atoms with Crippen LogP contribution in [0.3, 0.4) is 0 Å². The molecule has 1 aliphatic heterocycles. The van der Waals surface area contributed by atoms with Gasteiger partial charge in [0.1, 0.15) is 30.9 Å². The summed E-state index contributed by atoms with van der Waals surface area (Å²) in [6, 6.07) is 7.46. The van der Waals surface area contributed by atoms with E-state index in [1.54, 1.807) is 6.07 Å². The van der Waals surface area contributed by atoms with Crippen molar-refractivity contribution in [2.75, 3.05) is 23.3 Å². The van der Waals surface area contributed by atoms with E-state index in [0.29, 0.717) is 24.6 Å². The van der Waals surface area contributed by atoms with Crippen LogP contribution in [0.4, 0.5) is 17.2 Å². The number of nitro groups is 1. The minimum Gasteiger partial charge on any atom is -0.356 e. The molecule has 156 valence electrons. The molecule has 1 atom stereocenters. The lowest BCUT2D eigenvalue weighted by Gasteiger charge is -2.32. The molecular weight excluding hydrogens is 402 g/mol. The second-order valence-corrected chi connectivity index (χ2v) is 6.95. The number of non-ortho nitro benzene ring substituents is 1. The molecule has 31 heavy (non-hydrogen) atoms. The standard InChI is InChI=1S/C19H17N9O3/c20-8-14-6-15(28(30)31)3-4-16(14)25-19(29)13-2-1-5-26(9-13)17-7-18(23-11-22-17)27-12-21-10-24-27/h3-4,6-7,10-13H,1-2,5,9H2,(H,25,29).